The maximum absolute atomic E-state index is 12.7. The molecule has 0 bridgehead atoms. The molecule has 1 fully saturated rings. The minimum Gasteiger partial charge on any atom is -0.373 e. The lowest BCUT2D eigenvalue weighted by Gasteiger charge is -2.34. The summed E-state index contributed by atoms with van der Waals surface area (Å²) in [6.45, 7) is 0. The molecule has 0 saturated heterocycles. The van der Waals surface area contributed by atoms with Gasteiger partial charge in [-0.1, -0.05) is 24.3 Å². The van der Waals surface area contributed by atoms with Crippen molar-refractivity contribution >= 4 is 22.5 Å². The predicted octanol–water partition coefficient (Wildman–Crippen LogP) is 2.90. The highest BCUT2D eigenvalue weighted by Gasteiger charge is 2.27. The Bertz CT molecular complexity index is 649. The second-order valence-corrected chi connectivity index (χ2v) is 5.32. The first-order valence-corrected chi connectivity index (χ1v) is 7.05. The third-order valence-corrected chi connectivity index (χ3v) is 4.21. The minimum absolute atomic E-state index is 0.0704. The molecule has 1 aliphatic carbocycles. The molecule has 104 valence electrons. The average Bonchev–Trinajstić information content (AvgIpc) is 2.43. The van der Waals surface area contributed by atoms with E-state index in [-0.39, 0.29) is 5.91 Å². The number of nitrogens with zero attached hydrogens (tertiary/aromatic N) is 2. The lowest BCUT2D eigenvalue weighted by atomic mass is 9.91. The Morgan fingerprint density at radius 2 is 2.00 bits per heavy atom. The van der Waals surface area contributed by atoms with Crippen LogP contribution in [0, 0.1) is 0 Å². The Morgan fingerprint density at radius 3 is 2.60 bits per heavy atom. The van der Waals surface area contributed by atoms with Crippen LogP contribution in [-0.4, -0.2) is 35.9 Å². The summed E-state index contributed by atoms with van der Waals surface area (Å²) in [4.78, 5) is 18.9. The summed E-state index contributed by atoms with van der Waals surface area (Å²) in [5, 5.41) is 5.02. The summed E-state index contributed by atoms with van der Waals surface area (Å²) >= 11 is 0. The summed E-state index contributed by atoms with van der Waals surface area (Å²) in [6.07, 6.45) is 5.13. The van der Waals surface area contributed by atoms with E-state index in [0.717, 1.165) is 29.4 Å². The quantitative estimate of drug-likeness (QED) is 0.932. The van der Waals surface area contributed by atoms with Crippen molar-refractivity contribution in [1.82, 2.24) is 9.88 Å². The highest BCUT2D eigenvalue weighted by Crippen LogP contribution is 2.28. The van der Waals surface area contributed by atoms with Crippen molar-refractivity contribution in [2.45, 2.75) is 25.3 Å². The number of amides is 1. The van der Waals surface area contributed by atoms with Gasteiger partial charge in [0.1, 0.15) is 5.82 Å². The maximum Gasteiger partial charge on any atom is 0.256 e. The van der Waals surface area contributed by atoms with Crippen LogP contribution in [0.3, 0.4) is 0 Å². The summed E-state index contributed by atoms with van der Waals surface area (Å²) in [7, 11) is 3.74. The SMILES string of the molecule is CNc1ncc(C(=O)N(C)C2CCC2)c2ccccc12. The summed E-state index contributed by atoms with van der Waals surface area (Å²) in [5.41, 5.74) is 0.689. The third-order valence-electron chi connectivity index (χ3n) is 4.21. The van der Waals surface area contributed by atoms with Gasteiger partial charge in [0.15, 0.2) is 0 Å². The van der Waals surface area contributed by atoms with E-state index in [1.54, 1.807) is 6.20 Å². The molecule has 0 atom stereocenters. The van der Waals surface area contributed by atoms with Crippen LogP contribution < -0.4 is 5.32 Å². The number of hydrogen-bond donors (Lipinski definition) is 1. The molecule has 3 rings (SSSR count). The number of fused-ring (bicyclic) bond motifs is 1. The van der Waals surface area contributed by atoms with E-state index in [0.29, 0.717) is 11.6 Å². The molecule has 0 spiro atoms. The average molecular weight is 269 g/mol. The smallest absolute Gasteiger partial charge is 0.256 e. The van der Waals surface area contributed by atoms with Crippen LogP contribution >= 0.6 is 0 Å². The molecule has 1 aromatic heterocycles. The minimum atomic E-state index is 0.0704. The molecule has 1 heterocycles. The number of rotatable bonds is 3. The molecule has 4 nitrogen and oxygen atoms in total. The monoisotopic (exact) mass is 269 g/mol. The Hall–Kier alpha value is -2.10. The Kier molecular flexibility index (Phi) is 3.30. The standard InChI is InChI=1S/C16H19N3O/c1-17-15-13-9-4-3-8-12(13)14(10-18-15)16(20)19(2)11-6-5-7-11/h3-4,8-11H,5-7H2,1-2H3,(H,17,18). The number of carbonyl (C=O) groups is 1. The van der Waals surface area contributed by atoms with Crippen molar-refractivity contribution in [3.63, 3.8) is 0 Å². The van der Waals surface area contributed by atoms with Gasteiger partial charge in [0.05, 0.1) is 5.56 Å². The van der Waals surface area contributed by atoms with Crippen molar-refractivity contribution < 1.29 is 4.79 Å². The van der Waals surface area contributed by atoms with Crippen LogP contribution in [-0.2, 0) is 0 Å². The van der Waals surface area contributed by atoms with Crippen LogP contribution in [0.5, 0.6) is 0 Å². The number of carbonyl (C=O) groups excluding carboxylic acids is 1. The van der Waals surface area contributed by atoms with E-state index < -0.39 is 0 Å². The molecule has 1 aliphatic rings. The number of aromatic nitrogens is 1. The van der Waals surface area contributed by atoms with E-state index in [1.165, 1.54) is 6.42 Å². The number of hydrogen-bond acceptors (Lipinski definition) is 3. The first-order chi connectivity index (χ1) is 9.72. The van der Waals surface area contributed by atoms with Gasteiger partial charge in [0, 0.05) is 31.7 Å². The summed E-state index contributed by atoms with van der Waals surface area (Å²) in [5.74, 6) is 0.879. The van der Waals surface area contributed by atoms with E-state index in [1.807, 2.05) is 43.3 Å². The van der Waals surface area contributed by atoms with Crippen LogP contribution in [0.25, 0.3) is 10.8 Å². The topological polar surface area (TPSA) is 45.2 Å². The van der Waals surface area contributed by atoms with Gasteiger partial charge in [0.2, 0.25) is 0 Å². The van der Waals surface area contributed by atoms with Crippen molar-refractivity contribution in [2.75, 3.05) is 19.4 Å². The first kappa shape index (κ1) is 12.9. The molecule has 0 unspecified atom stereocenters. The molecule has 0 radical (unpaired) electrons. The van der Waals surface area contributed by atoms with Crippen LogP contribution in [0.4, 0.5) is 5.82 Å². The van der Waals surface area contributed by atoms with E-state index >= 15 is 0 Å². The molecule has 20 heavy (non-hydrogen) atoms. The molecule has 1 saturated carbocycles. The maximum atomic E-state index is 12.7. The second-order valence-electron chi connectivity index (χ2n) is 5.32. The van der Waals surface area contributed by atoms with Gasteiger partial charge in [-0.25, -0.2) is 4.98 Å². The zero-order valence-corrected chi connectivity index (χ0v) is 11.9. The zero-order valence-electron chi connectivity index (χ0n) is 11.9. The Balaban J connectivity index is 2.05. The van der Waals surface area contributed by atoms with Gasteiger partial charge in [0.25, 0.3) is 5.91 Å². The zero-order chi connectivity index (χ0) is 14.1. The van der Waals surface area contributed by atoms with Crippen LogP contribution in [0.2, 0.25) is 0 Å². The van der Waals surface area contributed by atoms with Crippen molar-refractivity contribution in [3.05, 3.63) is 36.0 Å². The highest BCUT2D eigenvalue weighted by atomic mass is 16.2. The summed E-state index contributed by atoms with van der Waals surface area (Å²) in [6, 6.07) is 8.30. The van der Waals surface area contributed by atoms with Gasteiger partial charge in [-0.05, 0) is 24.6 Å². The molecular formula is C16H19N3O. The normalized spacial score (nSPS) is 14.9. The molecule has 4 heteroatoms. The van der Waals surface area contributed by atoms with Crippen LogP contribution in [0.15, 0.2) is 30.5 Å². The molecule has 1 aromatic carbocycles. The molecule has 0 aliphatic heterocycles. The Morgan fingerprint density at radius 1 is 1.30 bits per heavy atom. The Labute approximate surface area is 118 Å². The summed E-state index contributed by atoms with van der Waals surface area (Å²) < 4.78 is 0. The molecule has 1 N–H and O–H groups in total. The predicted molar refractivity (Wildman–Crippen MR) is 81.0 cm³/mol. The van der Waals surface area contributed by atoms with Gasteiger partial charge >= 0.3 is 0 Å². The number of nitrogens with one attached hydrogen (secondary N) is 1. The van der Waals surface area contributed by atoms with E-state index in [9.17, 15) is 4.79 Å². The third kappa shape index (κ3) is 2.01. The fourth-order valence-electron chi connectivity index (χ4n) is 2.69. The fourth-order valence-corrected chi connectivity index (χ4v) is 2.69. The molecular weight excluding hydrogens is 250 g/mol. The van der Waals surface area contributed by atoms with Crippen molar-refractivity contribution in [3.8, 4) is 0 Å². The lowest BCUT2D eigenvalue weighted by molar-refractivity contribution is 0.0653. The largest absolute Gasteiger partial charge is 0.373 e. The first-order valence-electron chi connectivity index (χ1n) is 7.05. The van der Waals surface area contributed by atoms with Gasteiger partial charge in [-0.3, -0.25) is 4.79 Å². The molecule has 1 amide bonds. The van der Waals surface area contributed by atoms with Gasteiger partial charge in [-0.2, -0.15) is 0 Å². The van der Waals surface area contributed by atoms with E-state index in [4.69, 9.17) is 0 Å². The lowest BCUT2D eigenvalue weighted by Crippen LogP contribution is -2.41. The van der Waals surface area contributed by atoms with Crippen molar-refractivity contribution in [2.24, 2.45) is 0 Å². The van der Waals surface area contributed by atoms with Crippen molar-refractivity contribution in [1.29, 1.82) is 0 Å². The van der Waals surface area contributed by atoms with E-state index in [2.05, 4.69) is 10.3 Å². The number of benzene rings is 1. The molecule has 2 aromatic rings. The highest BCUT2D eigenvalue weighted by molar-refractivity contribution is 6.09. The van der Waals surface area contributed by atoms with Gasteiger partial charge in [-0.15, -0.1) is 0 Å². The number of anilines is 1. The van der Waals surface area contributed by atoms with Gasteiger partial charge < -0.3 is 10.2 Å². The number of pyridine rings is 1. The fraction of sp³-hybridized carbons (Fsp3) is 0.375. The second kappa shape index (κ2) is 5.12. The van der Waals surface area contributed by atoms with Crippen LogP contribution in [0.1, 0.15) is 29.6 Å².